The molecule has 0 unspecified atom stereocenters. The quantitative estimate of drug-likeness (QED) is 0.0715. The first-order chi connectivity index (χ1) is 29.6. The molecule has 3 radical (unpaired) electrons. The molecular formula is C50H46B3N6OS. The summed E-state index contributed by atoms with van der Waals surface area (Å²) in [5.74, 6) is 4.55. The van der Waals surface area contributed by atoms with E-state index in [9.17, 15) is 0 Å². The van der Waals surface area contributed by atoms with E-state index in [4.69, 9.17) is 32.2 Å². The van der Waals surface area contributed by atoms with E-state index in [2.05, 4.69) is 80.0 Å². The SMILES string of the molecule is [B]c1nc(/C=C(\C=C)n2c(C)c(/C=C\C)c(/C=C(C)/C(C=C)=C/C(=C\[B]C)c3nc4cc(-c5nc(C(=BC)/C=C\C=C)nc(-c6ccccc6)n5)ccc4s3)c2C=C)c(C)o1. The van der Waals surface area contributed by atoms with Gasteiger partial charge >= 0.3 is 198 Å². The molecule has 0 saturated heterocycles. The van der Waals surface area contributed by atoms with Gasteiger partial charge in [0.25, 0.3) is 0 Å². The molecule has 61 heavy (non-hydrogen) atoms. The van der Waals surface area contributed by atoms with Crippen LogP contribution in [0.5, 0.6) is 0 Å². The molecule has 6 rings (SSSR count). The summed E-state index contributed by atoms with van der Waals surface area (Å²) in [7, 11) is 7.89. The Kier molecular flexibility index (Phi) is 14.4. The van der Waals surface area contributed by atoms with E-state index in [1.165, 1.54) is 0 Å². The van der Waals surface area contributed by atoms with Crippen molar-refractivity contribution >= 4 is 90.4 Å². The van der Waals surface area contributed by atoms with E-state index in [1.54, 1.807) is 23.5 Å². The van der Waals surface area contributed by atoms with E-state index in [0.717, 1.165) is 76.7 Å². The van der Waals surface area contributed by atoms with E-state index >= 15 is 0 Å². The minimum Gasteiger partial charge on any atom is -0.457 e. The topological polar surface area (TPSA) is 82.5 Å². The van der Waals surface area contributed by atoms with Crippen LogP contribution >= 0.6 is 11.3 Å². The summed E-state index contributed by atoms with van der Waals surface area (Å²) in [6.07, 6.45) is 21.5. The van der Waals surface area contributed by atoms with E-state index < -0.39 is 0 Å². The Morgan fingerprint density at radius 3 is 2.26 bits per heavy atom. The second-order valence-corrected chi connectivity index (χ2v) is 14.9. The van der Waals surface area contributed by atoms with Gasteiger partial charge in [-0.15, -0.1) is 0 Å². The molecule has 0 fully saturated rings. The van der Waals surface area contributed by atoms with Gasteiger partial charge in [-0.05, 0) is 57.6 Å². The Balaban J connectivity index is 1.41. The van der Waals surface area contributed by atoms with Crippen molar-refractivity contribution in [3.05, 3.63) is 179 Å². The molecule has 297 valence electrons. The second kappa shape index (κ2) is 20.0. The van der Waals surface area contributed by atoms with Gasteiger partial charge in [0.2, 0.25) is 0 Å². The number of nitrogens with zero attached hydrogens (tertiary/aromatic N) is 6. The standard InChI is InChI=1S/C50H46B3N6OS/c1-11-16-23-41(53-10)48-57-46(35-21-18-17-19-22-35)56-47(58-48)36-24-25-45-43(28-36)54-49(61-45)37(30-52-9)27-34(13-3)31(6)26-40-39(20-12-2)32(7)59(44(40)15-5)38(14-4)29-42-33(8)60-50(51)55-42/h11-30H,1,3-5H2,2,6-10H3/b20-12-,23-16-,31-26+,34-27+,37-30+,38-29+. The first-order valence-electron chi connectivity index (χ1n) is 19.9. The molecule has 0 spiro atoms. The van der Waals surface area contributed by atoms with Gasteiger partial charge in [0.05, 0.1) is 5.69 Å². The van der Waals surface area contributed by atoms with Crippen LogP contribution in [0.2, 0.25) is 13.6 Å². The van der Waals surface area contributed by atoms with Crippen LogP contribution in [-0.4, -0.2) is 57.0 Å². The maximum absolute atomic E-state index is 5.87. The summed E-state index contributed by atoms with van der Waals surface area (Å²) in [5, 5.41) is 0.873. The van der Waals surface area contributed by atoms with Gasteiger partial charge in [0.15, 0.2) is 7.85 Å². The molecule has 0 aliphatic carbocycles. The average molecular weight is 811 g/mol. The molecule has 4 heterocycles. The second-order valence-electron chi connectivity index (χ2n) is 13.9. The van der Waals surface area contributed by atoms with Crippen LogP contribution < -0.4 is 5.79 Å². The van der Waals surface area contributed by atoms with Crippen LogP contribution in [0.4, 0.5) is 0 Å². The number of benzene rings is 2. The van der Waals surface area contributed by atoms with Crippen molar-refractivity contribution in [2.45, 2.75) is 41.3 Å². The zero-order valence-corrected chi connectivity index (χ0v) is 36.4. The van der Waals surface area contributed by atoms with Crippen molar-refractivity contribution in [2.24, 2.45) is 0 Å². The molecule has 4 aromatic heterocycles. The number of hydrogen-bond donors (Lipinski definition) is 0. The zero-order chi connectivity index (χ0) is 43.6. The normalized spacial score (nSPS) is 13.0. The summed E-state index contributed by atoms with van der Waals surface area (Å²) in [6, 6.07) is 16.1. The molecule has 0 bridgehead atoms. The third kappa shape index (κ3) is 9.69. The molecule has 0 amide bonds. The number of thiazole rings is 1. The van der Waals surface area contributed by atoms with Gasteiger partial charge in [-0.3, -0.25) is 0 Å². The maximum atomic E-state index is 5.87. The monoisotopic (exact) mass is 811 g/mol. The summed E-state index contributed by atoms with van der Waals surface area (Å²) < 4.78 is 8.67. The van der Waals surface area contributed by atoms with Crippen molar-refractivity contribution in [3.63, 3.8) is 0 Å². The van der Waals surface area contributed by atoms with Crippen LogP contribution in [0.25, 0.3) is 68.6 Å². The molecular weight excluding hydrogens is 765 g/mol. The number of rotatable bonds is 16. The Hall–Kier alpha value is -6.71. The zero-order valence-electron chi connectivity index (χ0n) is 35.6. The average Bonchev–Trinajstić information content (AvgIpc) is 3.92. The Morgan fingerprint density at radius 2 is 1.64 bits per heavy atom. The number of oxazole rings is 1. The largest absolute Gasteiger partial charge is 0.457 e. The summed E-state index contributed by atoms with van der Waals surface area (Å²) in [5.41, 5.74) is 11.8. The number of hydrogen-bond acceptors (Lipinski definition) is 7. The van der Waals surface area contributed by atoms with E-state index in [0.29, 0.717) is 28.9 Å². The molecule has 11 heteroatoms. The van der Waals surface area contributed by atoms with Crippen LogP contribution in [0.15, 0.2) is 139 Å². The smallest absolute Gasteiger partial charge is 0.127 e. The summed E-state index contributed by atoms with van der Waals surface area (Å²) in [4.78, 5) is 24.3. The minimum absolute atomic E-state index is 0.116. The fourth-order valence-electron chi connectivity index (χ4n) is 6.91. The minimum atomic E-state index is 0.116. The van der Waals surface area contributed by atoms with Crippen LogP contribution in [0.3, 0.4) is 0 Å². The molecule has 0 aliphatic heterocycles. The molecule has 2 aromatic carbocycles. The van der Waals surface area contributed by atoms with Gasteiger partial charge in [0, 0.05) is 22.5 Å². The van der Waals surface area contributed by atoms with Crippen molar-refractivity contribution < 1.29 is 4.42 Å². The van der Waals surface area contributed by atoms with Crippen LogP contribution in [0, 0.1) is 13.8 Å². The predicted octanol–water partition coefficient (Wildman–Crippen LogP) is 11.2. The van der Waals surface area contributed by atoms with Crippen molar-refractivity contribution in [2.75, 3.05) is 0 Å². The maximum Gasteiger partial charge on any atom is 0.127 e. The Bertz CT molecular complexity index is 2880. The fourth-order valence-corrected chi connectivity index (χ4v) is 7.85. The Labute approximate surface area is 366 Å². The van der Waals surface area contributed by atoms with Gasteiger partial charge in [-0.25, -0.2) is 4.98 Å². The first kappa shape index (κ1) is 43.9. The molecule has 0 N–H and O–H groups in total. The van der Waals surface area contributed by atoms with Gasteiger partial charge < -0.3 is 8.98 Å². The van der Waals surface area contributed by atoms with Gasteiger partial charge in [0.1, 0.15) is 17.2 Å². The molecule has 0 atom stereocenters. The van der Waals surface area contributed by atoms with Gasteiger partial charge in [-0.1, -0.05) is 44.8 Å². The predicted molar refractivity (Wildman–Crippen MR) is 265 cm³/mol. The van der Waals surface area contributed by atoms with Crippen molar-refractivity contribution in [1.29, 1.82) is 0 Å². The molecule has 0 aliphatic rings. The fraction of sp³-hybridized carbons (Fsp3) is 0.120. The van der Waals surface area contributed by atoms with Crippen LogP contribution in [0.1, 0.15) is 58.6 Å². The molecule has 0 saturated carbocycles. The number of fused-ring (bicyclic) bond motifs is 1. The molecule has 7 nitrogen and oxygen atoms in total. The number of aryl methyl sites for hydroxylation is 1. The summed E-state index contributed by atoms with van der Waals surface area (Å²) in [6.45, 7) is 30.4. The van der Waals surface area contributed by atoms with E-state index in [1.807, 2.05) is 121 Å². The Morgan fingerprint density at radius 1 is 0.885 bits per heavy atom. The third-order valence-electron chi connectivity index (χ3n) is 9.89. The first-order valence-corrected chi connectivity index (χ1v) is 20.7. The third-order valence-corrected chi connectivity index (χ3v) is 11.0. The van der Waals surface area contributed by atoms with Crippen LogP contribution in [-0.2, 0) is 0 Å². The summed E-state index contributed by atoms with van der Waals surface area (Å²) >= 11 is 1.63. The number of aromatic nitrogens is 6. The number of allylic oxidation sites excluding steroid dienone is 11. The van der Waals surface area contributed by atoms with E-state index in [-0.39, 0.29) is 5.79 Å². The van der Waals surface area contributed by atoms with Crippen molar-refractivity contribution in [3.8, 4) is 22.8 Å². The molecule has 6 aromatic rings. The van der Waals surface area contributed by atoms with Gasteiger partial charge in [-0.2, -0.15) is 0 Å². The van der Waals surface area contributed by atoms with Crippen molar-refractivity contribution in [1.82, 2.24) is 29.5 Å².